The van der Waals surface area contributed by atoms with Crippen molar-refractivity contribution < 1.29 is 83.6 Å². The monoisotopic (exact) mass is 1210 g/mol. The summed E-state index contributed by atoms with van der Waals surface area (Å²) in [5, 5.41) is -5.58. The molecule has 0 fully saturated rings. The first-order valence-corrected chi connectivity index (χ1v) is 30.0. The summed E-state index contributed by atoms with van der Waals surface area (Å²) < 4.78 is 197. The molecule has 0 aromatic heterocycles. The minimum Gasteiger partial charge on any atom is -0.508 e. The standard InChI is InChI=1S/C18H15S.C14H13F9NO7S3.C14H20O2.C10H14O/c1-4-10-16(11-5-1)19(17-12-6-2-7-13-17)18-14-8-3-9-15-18;1-3-8(2)9-4-6-10(7-5-9)31-34(29,30)13(19,20)11(15,16)12(17,18)32(25,26)24-33(27,28)14(21,22)23;1-5-14(3,4)13(15)16-11(2)12-9-7-6-8-10-12;1-3-8(2)9-4-6-10(11)7-5-9/h1-15H;4-8H,3H2,1-2H3;6-11H,5H2,1-4H3;4-8,11H,3H2,1-2H3/q+1;-1;;. The summed E-state index contributed by atoms with van der Waals surface area (Å²) in [7, 11) is -22.6. The third kappa shape index (κ3) is 17.7. The van der Waals surface area contributed by atoms with Gasteiger partial charge in [-0.05, 0) is 129 Å². The number of rotatable bonds is 19. The number of benzene rings is 6. The Morgan fingerprint density at radius 3 is 1.24 bits per heavy atom. The molecule has 11 nitrogen and oxygen atoms in total. The van der Waals surface area contributed by atoms with Crippen molar-refractivity contribution in [2.75, 3.05) is 0 Å². The number of esters is 1. The molecule has 6 aromatic rings. The summed E-state index contributed by atoms with van der Waals surface area (Å²) in [6, 6.07) is 52.9. The van der Waals surface area contributed by atoms with Crippen molar-refractivity contribution in [3.05, 3.63) is 191 Å². The highest BCUT2D eigenvalue weighted by Crippen LogP contribution is 2.53. The SMILES string of the molecule is CCC(C)(C)C(=O)OC(C)c1ccccc1.CCC(C)c1ccc(O)cc1.CCC(C)c1ccc(OS(=O)(=O)C(F)(F)C(F)(F)C(F)(F)S(=O)(=O)[N-]S(=O)(=O)C(F)(F)F)cc1.c1ccc([S+](c2ccccc2)c2ccccc2)cc1. The Hall–Kier alpha value is -6.08. The Balaban J connectivity index is 0.000000306. The second-order valence-corrected chi connectivity index (χ2v) is 25.4. The van der Waals surface area contributed by atoms with E-state index in [0.717, 1.165) is 30.5 Å². The zero-order valence-corrected chi connectivity index (χ0v) is 47.9. The smallest absolute Gasteiger partial charge is 0.480 e. The van der Waals surface area contributed by atoms with E-state index in [-0.39, 0.29) is 28.9 Å². The second kappa shape index (κ2) is 28.6. The molecule has 0 saturated carbocycles. The van der Waals surface area contributed by atoms with E-state index in [9.17, 15) is 69.6 Å². The molecular weight excluding hydrogens is 1150 g/mol. The van der Waals surface area contributed by atoms with Gasteiger partial charge in [0.1, 0.15) is 17.6 Å². The largest absolute Gasteiger partial charge is 0.508 e. The van der Waals surface area contributed by atoms with Gasteiger partial charge < -0.3 is 18.2 Å². The lowest BCUT2D eigenvalue weighted by atomic mass is 9.90. The second-order valence-electron chi connectivity index (χ2n) is 18.3. The molecule has 0 aliphatic carbocycles. The topological polar surface area (TPSA) is 172 Å². The molecule has 0 radical (unpaired) electrons. The molecular formula is C56H62F9NO10S4. The zero-order valence-electron chi connectivity index (χ0n) is 44.6. The maximum absolute atomic E-state index is 14.0. The summed E-state index contributed by atoms with van der Waals surface area (Å²) in [6.45, 7) is 15.5. The summed E-state index contributed by atoms with van der Waals surface area (Å²) >= 11 is 0. The van der Waals surface area contributed by atoms with Crippen LogP contribution in [0.5, 0.6) is 11.5 Å². The lowest BCUT2D eigenvalue weighted by Gasteiger charge is -2.35. The van der Waals surface area contributed by atoms with Crippen LogP contribution in [-0.2, 0) is 50.6 Å². The van der Waals surface area contributed by atoms with Gasteiger partial charge in [0.15, 0.2) is 34.7 Å². The molecule has 438 valence electrons. The number of nitrogens with zero attached hydrogens (tertiary/aromatic N) is 1. The van der Waals surface area contributed by atoms with E-state index in [4.69, 9.17) is 9.84 Å². The summed E-state index contributed by atoms with van der Waals surface area (Å²) in [5.41, 5.74) is -4.28. The first-order valence-electron chi connectivity index (χ1n) is 24.5. The predicted molar refractivity (Wildman–Crippen MR) is 290 cm³/mol. The molecule has 24 heteroatoms. The molecule has 0 aliphatic rings. The van der Waals surface area contributed by atoms with E-state index in [1.807, 2.05) is 70.2 Å². The summed E-state index contributed by atoms with van der Waals surface area (Å²) in [4.78, 5) is 15.9. The third-order valence-electron chi connectivity index (χ3n) is 12.1. The number of carbonyl (C=O) groups excluding carboxylic acids is 1. The molecule has 80 heavy (non-hydrogen) atoms. The fourth-order valence-corrected chi connectivity index (χ4v) is 11.6. The highest BCUT2D eigenvalue weighted by Gasteiger charge is 2.81. The molecule has 3 atom stereocenters. The normalized spacial score (nSPS) is 13.6. The van der Waals surface area contributed by atoms with Crippen molar-refractivity contribution in [3.63, 3.8) is 0 Å². The quantitative estimate of drug-likeness (QED) is 0.0356. The van der Waals surface area contributed by atoms with Gasteiger partial charge in [0.2, 0.25) is 0 Å². The summed E-state index contributed by atoms with van der Waals surface area (Å²) in [5.74, 6) is -8.01. The molecule has 0 amide bonds. The van der Waals surface area contributed by atoms with Gasteiger partial charge in [0.05, 0.1) is 16.3 Å². The molecule has 0 bridgehead atoms. The van der Waals surface area contributed by atoms with Crippen LogP contribution in [0.3, 0.4) is 0 Å². The van der Waals surface area contributed by atoms with Gasteiger partial charge in [-0.25, -0.2) is 16.8 Å². The molecule has 3 unspecified atom stereocenters. The zero-order chi connectivity index (χ0) is 60.5. The number of ether oxygens (including phenoxy) is 1. The number of sulfonamides is 2. The van der Waals surface area contributed by atoms with Gasteiger partial charge in [-0.1, -0.05) is 144 Å². The Bertz CT molecular complexity index is 3110. The van der Waals surface area contributed by atoms with Crippen LogP contribution in [0.25, 0.3) is 4.13 Å². The highest BCUT2D eigenvalue weighted by molar-refractivity contribution is 8.13. The van der Waals surface area contributed by atoms with Crippen molar-refractivity contribution in [1.29, 1.82) is 0 Å². The lowest BCUT2D eigenvalue weighted by molar-refractivity contribution is -0.245. The highest BCUT2D eigenvalue weighted by atomic mass is 32.3. The molecule has 0 saturated heterocycles. The predicted octanol–water partition coefficient (Wildman–Crippen LogP) is 15.7. The molecule has 0 heterocycles. The van der Waals surface area contributed by atoms with Crippen LogP contribution >= 0.6 is 0 Å². The maximum atomic E-state index is 14.0. The molecule has 6 rings (SSSR count). The lowest BCUT2D eigenvalue weighted by Crippen LogP contribution is -2.61. The number of hydrogen-bond acceptors (Lipinski definition) is 10. The maximum Gasteiger partial charge on any atom is 0.480 e. The number of alkyl halides is 9. The Morgan fingerprint density at radius 2 is 0.887 bits per heavy atom. The Labute approximate surface area is 465 Å². The Morgan fingerprint density at radius 1 is 0.525 bits per heavy atom. The van der Waals surface area contributed by atoms with Crippen molar-refractivity contribution in [2.24, 2.45) is 5.41 Å². The van der Waals surface area contributed by atoms with E-state index in [1.54, 1.807) is 26.0 Å². The number of phenolic OH excluding ortho intramolecular Hbond substituents is 1. The van der Waals surface area contributed by atoms with Crippen LogP contribution in [-0.4, -0.2) is 58.3 Å². The van der Waals surface area contributed by atoms with E-state index in [1.165, 1.54) is 20.2 Å². The third-order valence-corrected chi connectivity index (χ3v) is 18.7. The number of hydrogen-bond donors (Lipinski definition) is 1. The van der Waals surface area contributed by atoms with Crippen molar-refractivity contribution in [2.45, 2.75) is 129 Å². The van der Waals surface area contributed by atoms with Gasteiger partial charge in [0, 0.05) is 0 Å². The van der Waals surface area contributed by atoms with Crippen molar-refractivity contribution in [1.82, 2.24) is 0 Å². The van der Waals surface area contributed by atoms with Gasteiger partial charge >= 0.3 is 38.0 Å². The number of aromatic hydroxyl groups is 1. The van der Waals surface area contributed by atoms with Gasteiger partial charge in [-0.3, -0.25) is 4.79 Å². The molecule has 0 aliphatic heterocycles. The Kier molecular flexibility index (Phi) is 24.3. The molecule has 6 aromatic carbocycles. The minimum absolute atomic E-state index is 0.0146. The minimum atomic E-state index is -7.96. The average molecular weight is 1210 g/mol. The van der Waals surface area contributed by atoms with E-state index >= 15 is 0 Å². The summed E-state index contributed by atoms with van der Waals surface area (Å²) in [6.07, 6.45) is 2.30. The van der Waals surface area contributed by atoms with Crippen LogP contribution in [0.15, 0.2) is 185 Å². The van der Waals surface area contributed by atoms with E-state index in [0.29, 0.717) is 39.9 Å². The van der Waals surface area contributed by atoms with Gasteiger partial charge in [0.25, 0.3) is 0 Å². The van der Waals surface area contributed by atoms with E-state index in [2.05, 4.69) is 109 Å². The van der Waals surface area contributed by atoms with Gasteiger partial charge in [-0.2, -0.15) is 47.9 Å². The van der Waals surface area contributed by atoms with Crippen LogP contribution in [0, 0.1) is 5.41 Å². The van der Waals surface area contributed by atoms with Crippen LogP contribution < -0.4 is 4.18 Å². The van der Waals surface area contributed by atoms with Crippen LogP contribution in [0.4, 0.5) is 39.5 Å². The average Bonchev–Trinajstić information content (AvgIpc) is 3.53. The molecule has 1 N–H and O–H groups in total. The fraction of sp³-hybridized carbons (Fsp3) is 0.339. The van der Waals surface area contributed by atoms with Crippen molar-refractivity contribution in [3.8, 4) is 11.5 Å². The van der Waals surface area contributed by atoms with Crippen molar-refractivity contribution >= 4 is 47.0 Å². The van der Waals surface area contributed by atoms with Crippen LogP contribution in [0.2, 0.25) is 0 Å². The number of carbonyl (C=O) groups is 1. The van der Waals surface area contributed by atoms with Gasteiger partial charge in [-0.15, -0.1) is 0 Å². The first-order chi connectivity index (χ1) is 37.0. The number of phenols is 1. The van der Waals surface area contributed by atoms with Crippen LogP contribution in [0.1, 0.15) is 109 Å². The molecule has 0 spiro atoms. The van der Waals surface area contributed by atoms with E-state index < -0.39 is 63.3 Å². The first kappa shape index (κ1) is 68.2. The fourth-order valence-electron chi connectivity index (χ4n) is 6.35. The number of halogens is 9.